The first-order valence-electron chi connectivity index (χ1n) is 9.93. The highest BCUT2D eigenvalue weighted by Crippen LogP contribution is 2.37. The van der Waals surface area contributed by atoms with Crippen LogP contribution in [0.25, 0.3) is 0 Å². The topological polar surface area (TPSA) is 83.5 Å². The zero-order valence-corrected chi connectivity index (χ0v) is 20.2. The second kappa shape index (κ2) is 12.1. The van der Waals surface area contributed by atoms with Gasteiger partial charge in [0.25, 0.3) is 0 Å². The normalized spacial score (nSPS) is 13.7. The lowest BCUT2D eigenvalue weighted by Crippen LogP contribution is -2.46. The number of aliphatic hydroxyl groups is 1. The summed E-state index contributed by atoms with van der Waals surface area (Å²) in [5.41, 5.74) is 0.961. The Kier molecular flexibility index (Phi) is 10.5. The molecule has 1 N–H and O–H groups in total. The molecule has 0 unspecified atom stereocenters. The fourth-order valence-electron chi connectivity index (χ4n) is 2.22. The molecule has 170 valence electrons. The molecule has 0 saturated carbocycles. The second-order valence-corrected chi connectivity index (χ2v) is 13.2. The summed E-state index contributed by atoms with van der Waals surface area (Å²) in [5, 5.41) is 9.73. The van der Waals surface area contributed by atoms with E-state index in [2.05, 4.69) is 33.9 Å². The van der Waals surface area contributed by atoms with Crippen LogP contribution in [0.1, 0.15) is 26.3 Å². The molecule has 0 radical (unpaired) electrons. The van der Waals surface area contributed by atoms with Crippen LogP contribution in [0.15, 0.2) is 36.1 Å². The van der Waals surface area contributed by atoms with Gasteiger partial charge in [0.05, 0.1) is 33.5 Å². The van der Waals surface area contributed by atoms with E-state index < -0.39 is 20.4 Å². The molecule has 0 aromatic heterocycles. The van der Waals surface area contributed by atoms with Gasteiger partial charge in [0.15, 0.2) is 8.32 Å². The first kappa shape index (κ1) is 26.2. The molecule has 1 aromatic carbocycles. The fraction of sp³-hybridized carbons (Fsp3) is 0.591. The Balaban J connectivity index is 2.68. The zero-order chi connectivity index (χ0) is 22.8. The van der Waals surface area contributed by atoms with Crippen LogP contribution in [-0.2, 0) is 30.0 Å². The van der Waals surface area contributed by atoms with Crippen molar-refractivity contribution in [2.24, 2.45) is 0 Å². The van der Waals surface area contributed by atoms with Crippen molar-refractivity contribution in [1.82, 2.24) is 0 Å². The van der Waals surface area contributed by atoms with Gasteiger partial charge in [-0.2, -0.15) is 0 Å². The predicted octanol–water partition coefficient (Wildman–Crippen LogP) is 3.67. The van der Waals surface area contributed by atoms with Gasteiger partial charge >= 0.3 is 5.97 Å². The summed E-state index contributed by atoms with van der Waals surface area (Å²) in [6.45, 7) is 11.0. The Morgan fingerprint density at radius 1 is 1.17 bits per heavy atom. The van der Waals surface area contributed by atoms with E-state index in [9.17, 15) is 9.90 Å². The third kappa shape index (κ3) is 8.87. The lowest BCUT2D eigenvalue weighted by Gasteiger charge is -2.38. The van der Waals surface area contributed by atoms with Crippen LogP contribution >= 0.6 is 0 Å². The van der Waals surface area contributed by atoms with Gasteiger partial charge in [-0.1, -0.05) is 32.9 Å². The number of carbonyl (C=O) groups excluding carboxylic acids is 1. The van der Waals surface area contributed by atoms with Crippen LogP contribution in [0, 0.1) is 0 Å². The SMILES string of the molecule is COC(=O)/C=C(\COCc1ccc(OC)cc1)OC[C@H](CO)O[Si](C)(C)C(C)(C)C. The standard InChI is InChI=1S/C22H36O7Si/c1-22(2,3)30(6,7)29-20(13-23)16-28-19(12-21(24)26-5)15-27-14-17-8-10-18(25-4)11-9-17/h8-12,20,23H,13-16H2,1-7H3/b19-12+/t20-/m0/s1. The molecule has 30 heavy (non-hydrogen) atoms. The maximum atomic E-state index is 11.7. The molecule has 0 amide bonds. The van der Waals surface area contributed by atoms with E-state index in [1.54, 1.807) is 7.11 Å². The third-order valence-electron chi connectivity index (χ3n) is 5.08. The van der Waals surface area contributed by atoms with Crippen molar-refractivity contribution < 1.29 is 33.3 Å². The van der Waals surface area contributed by atoms with Gasteiger partial charge in [0.2, 0.25) is 0 Å². The molecule has 0 heterocycles. The van der Waals surface area contributed by atoms with E-state index >= 15 is 0 Å². The van der Waals surface area contributed by atoms with Gasteiger partial charge in [0, 0.05) is 0 Å². The van der Waals surface area contributed by atoms with Crippen molar-refractivity contribution in [3.63, 3.8) is 0 Å². The molecule has 0 aliphatic rings. The monoisotopic (exact) mass is 440 g/mol. The van der Waals surface area contributed by atoms with Crippen molar-refractivity contribution in [3.8, 4) is 5.75 Å². The van der Waals surface area contributed by atoms with Crippen LogP contribution < -0.4 is 4.74 Å². The molecule has 7 nitrogen and oxygen atoms in total. The van der Waals surface area contributed by atoms with Gasteiger partial charge in [0.1, 0.15) is 30.8 Å². The molecule has 1 rings (SSSR count). The Labute approximate surface area is 181 Å². The van der Waals surface area contributed by atoms with Crippen LogP contribution in [0.2, 0.25) is 18.1 Å². The summed E-state index contributed by atoms with van der Waals surface area (Å²) >= 11 is 0. The number of rotatable bonds is 12. The van der Waals surface area contributed by atoms with E-state index in [1.165, 1.54) is 13.2 Å². The maximum Gasteiger partial charge on any atom is 0.333 e. The van der Waals surface area contributed by atoms with Crippen molar-refractivity contribution in [3.05, 3.63) is 41.7 Å². The maximum absolute atomic E-state index is 11.7. The summed E-state index contributed by atoms with van der Waals surface area (Å²) in [6.07, 6.45) is 0.753. The van der Waals surface area contributed by atoms with E-state index in [4.69, 9.17) is 23.4 Å². The number of aliphatic hydroxyl groups excluding tert-OH is 1. The van der Waals surface area contributed by atoms with Gasteiger partial charge in [-0.15, -0.1) is 0 Å². The molecule has 0 aliphatic heterocycles. The molecule has 0 spiro atoms. The number of ether oxygens (including phenoxy) is 4. The van der Waals surface area contributed by atoms with Crippen molar-refractivity contribution in [2.45, 2.75) is 51.6 Å². The minimum Gasteiger partial charge on any atom is -0.497 e. The van der Waals surface area contributed by atoms with Crippen LogP contribution in [-0.4, -0.2) is 59.5 Å². The van der Waals surface area contributed by atoms with E-state index in [0.29, 0.717) is 12.4 Å². The molecule has 0 saturated heterocycles. The van der Waals surface area contributed by atoms with Crippen molar-refractivity contribution in [1.29, 1.82) is 0 Å². The van der Waals surface area contributed by atoms with Gasteiger partial charge in [-0.25, -0.2) is 4.79 Å². The highest BCUT2D eigenvalue weighted by molar-refractivity contribution is 6.74. The summed E-state index contributed by atoms with van der Waals surface area (Å²) in [5.74, 6) is 0.543. The highest BCUT2D eigenvalue weighted by Gasteiger charge is 2.39. The lowest BCUT2D eigenvalue weighted by atomic mass is 10.2. The summed E-state index contributed by atoms with van der Waals surface area (Å²) in [6, 6.07) is 7.51. The molecule has 0 fully saturated rings. The predicted molar refractivity (Wildman–Crippen MR) is 118 cm³/mol. The first-order chi connectivity index (χ1) is 14.0. The molecular formula is C22H36O7Si. The Morgan fingerprint density at radius 2 is 1.80 bits per heavy atom. The quantitative estimate of drug-likeness (QED) is 0.230. The second-order valence-electron chi connectivity index (χ2n) is 8.47. The van der Waals surface area contributed by atoms with E-state index in [-0.39, 0.29) is 24.9 Å². The average Bonchev–Trinajstić information content (AvgIpc) is 2.70. The molecule has 1 atom stereocenters. The molecule has 1 aromatic rings. The Hall–Kier alpha value is -1.87. The fourth-order valence-corrected chi connectivity index (χ4v) is 3.55. The van der Waals surface area contributed by atoms with Crippen LogP contribution in [0.5, 0.6) is 5.75 Å². The van der Waals surface area contributed by atoms with Gasteiger partial charge < -0.3 is 28.5 Å². The third-order valence-corrected chi connectivity index (χ3v) is 9.61. The Bertz CT molecular complexity index is 678. The van der Waals surface area contributed by atoms with Crippen LogP contribution in [0.3, 0.4) is 0 Å². The van der Waals surface area contributed by atoms with Crippen molar-refractivity contribution >= 4 is 14.3 Å². The number of hydrogen-bond acceptors (Lipinski definition) is 7. The smallest absolute Gasteiger partial charge is 0.333 e. The van der Waals surface area contributed by atoms with Crippen molar-refractivity contribution in [2.75, 3.05) is 34.0 Å². The Morgan fingerprint density at radius 3 is 2.30 bits per heavy atom. The molecular weight excluding hydrogens is 404 g/mol. The summed E-state index contributed by atoms with van der Waals surface area (Å²) < 4.78 is 27.5. The summed E-state index contributed by atoms with van der Waals surface area (Å²) in [4.78, 5) is 11.7. The number of methoxy groups -OCH3 is 2. The summed E-state index contributed by atoms with van der Waals surface area (Å²) in [7, 11) is 0.840. The number of carbonyl (C=O) groups is 1. The number of esters is 1. The first-order valence-corrected chi connectivity index (χ1v) is 12.8. The van der Waals surface area contributed by atoms with Gasteiger partial charge in [-0.3, -0.25) is 0 Å². The molecule has 8 heteroatoms. The average molecular weight is 441 g/mol. The van der Waals surface area contributed by atoms with E-state index in [0.717, 1.165) is 11.3 Å². The zero-order valence-electron chi connectivity index (χ0n) is 19.2. The highest BCUT2D eigenvalue weighted by atomic mass is 28.4. The van der Waals surface area contributed by atoms with Gasteiger partial charge in [-0.05, 0) is 35.8 Å². The minimum atomic E-state index is -2.07. The minimum absolute atomic E-state index is 0.00653. The molecule has 0 aliphatic carbocycles. The number of hydrogen-bond donors (Lipinski definition) is 1. The lowest BCUT2D eigenvalue weighted by molar-refractivity contribution is -0.135. The largest absolute Gasteiger partial charge is 0.497 e. The van der Waals surface area contributed by atoms with E-state index in [1.807, 2.05) is 24.3 Å². The molecule has 0 bridgehead atoms. The van der Waals surface area contributed by atoms with Crippen LogP contribution in [0.4, 0.5) is 0 Å². The number of benzene rings is 1.